The summed E-state index contributed by atoms with van der Waals surface area (Å²) in [5.74, 6) is 0.481. The van der Waals surface area contributed by atoms with Gasteiger partial charge in [-0.15, -0.1) is 10.2 Å². The van der Waals surface area contributed by atoms with Gasteiger partial charge in [0.15, 0.2) is 11.5 Å². The number of piperazine rings is 1. The third-order valence-corrected chi connectivity index (χ3v) is 4.55. The molecule has 1 aliphatic heterocycles. The number of aromatic nitrogens is 2. The molecule has 1 aliphatic rings. The molecule has 2 aromatic rings. The zero-order valence-electron chi connectivity index (χ0n) is 15.3. The van der Waals surface area contributed by atoms with Gasteiger partial charge in [-0.1, -0.05) is 12.1 Å². The number of anilines is 2. The summed E-state index contributed by atoms with van der Waals surface area (Å²) in [4.78, 5) is 27.4. The van der Waals surface area contributed by atoms with Gasteiger partial charge in [0.05, 0.1) is 0 Å². The van der Waals surface area contributed by atoms with E-state index in [0.29, 0.717) is 37.7 Å². The molecule has 1 N–H and O–H groups in total. The Morgan fingerprint density at radius 3 is 2.27 bits per heavy atom. The molecule has 1 fully saturated rings. The summed E-state index contributed by atoms with van der Waals surface area (Å²) in [6, 6.07) is 9.59. The Morgan fingerprint density at radius 2 is 1.65 bits per heavy atom. The highest BCUT2D eigenvalue weighted by molar-refractivity contribution is 5.92. The number of hydrogen-bond donors (Lipinski definition) is 1. The van der Waals surface area contributed by atoms with E-state index in [-0.39, 0.29) is 11.8 Å². The molecular weight excluding hydrogens is 330 g/mol. The van der Waals surface area contributed by atoms with E-state index < -0.39 is 0 Å². The molecule has 0 saturated carbocycles. The van der Waals surface area contributed by atoms with Crippen LogP contribution in [0.1, 0.15) is 28.5 Å². The number of amides is 2. The molecule has 1 saturated heterocycles. The van der Waals surface area contributed by atoms with Crippen molar-refractivity contribution in [1.82, 2.24) is 20.0 Å². The molecule has 7 nitrogen and oxygen atoms in total. The third kappa shape index (κ3) is 3.99. The molecule has 26 heavy (non-hydrogen) atoms. The molecule has 1 aromatic heterocycles. The van der Waals surface area contributed by atoms with Gasteiger partial charge >= 0.3 is 0 Å². The minimum absolute atomic E-state index is 0.0405. The van der Waals surface area contributed by atoms with E-state index in [1.807, 2.05) is 26.0 Å². The standard InChI is InChI=1S/C19H23N5O2/c1-13-4-5-14(2)17(12-13)20-18-7-6-16(21-22-18)19(26)24-10-8-23(9-11-24)15(3)25/h4-7,12H,8-11H2,1-3H3,(H,20,22). The summed E-state index contributed by atoms with van der Waals surface area (Å²) in [5, 5.41) is 11.4. The smallest absolute Gasteiger partial charge is 0.274 e. The van der Waals surface area contributed by atoms with Gasteiger partial charge in [-0.3, -0.25) is 9.59 Å². The number of carbonyl (C=O) groups excluding carboxylic acids is 2. The predicted molar refractivity (Wildman–Crippen MR) is 99.4 cm³/mol. The first-order valence-corrected chi connectivity index (χ1v) is 8.67. The molecule has 3 rings (SSSR count). The third-order valence-electron chi connectivity index (χ3n) is 4.55. The lowest BCUT2D eigenvalue weighted by Crippen LogP contribution is -2.50. The Hall–Kier alpha value is -2.96. The van der Waals surface area contributed by atoms with Crippen molar-refractivity contribution in [2.45, 2.75) is 20.8 Å². The largest absolute Gasteiger partial charge is 0.339 e. The second-order valence-electron chi connectivity index (χ2n) is 6.55. The summed E-state index contributed by atoms with van der Waals surface area (Å²) >= 11 is 0. The van der Waals surface area contributed by atoms with Crippen molar-refractivity contribution in [1.29, 1.82) is 0 Å². The van der Waals surface area contributed by atoms with Crippen LogP contribution >= 0.6 is 0 Å². The van der Waals surface area contributed by atoms with Gasteiger partial charge in [-0.25, -0.2) is 0 Å². The van der Waals surface area contributed by atoms with E-state index in [2.05, 4.69) is 21.6 Å². The molecule has 7 heteroatoms. The highest BCUT2D eigenvalue weighted by atomic mass is 16.2. The SMILES string of the molecule is CC(=O)N1CCN(C(=O)c2ccc(Nc3cc(C)ccc3C)nn2)CC1. The molecule has 0 bridgehead atoms. The molecule has 0 spiro atoms. The first-order valence-electron chi connectivity index (χ1n) is 8.67. The maximum Gasteiger partial charge on any atom is 0.274 e. The van der Waals surface area contributed by atoms with Crippen molar-refractivity contribution in [2.24, 2.45) is 0 Å². The normalized spacial score (nSPS) is 14.3. The fourth-order valence-corrected chi connectivity index (χ4v) is 2.91. The molecule has 0 radical (unpaired) electrons. The zero-order valence-corrected chi connectivity index (χ0v) is 15.3. The summed E-state index contributed by atoms with van der Waals surface area (Å²) in [6.07, 6.45) is 0. The summed E-state index contributed by atoms with van der Waals surface area (Å²) in [6.45, 7) is 7.75. The van der Waals surface area contributed by atoms with Gasteiger partial charge in [0.2, 0.25) is 5.91 Å². The van der Waals surface area contributed by atoms with Gasteiger partial charge in [-0.2, -0.15) is 0 Å². The van der Waals surface area contributed by atoms with Gasteiger partial charge in [0, 0.05) is 38.8 Å². The van der Waals surface area contributed by atoms with Gasteiger partial charge in [-0.05, 0) is 43.2 Å². The Morgan fingerprint density at radius 1 is 0.962 bits per heavy atom. The van der Waals surface area contributed by atoms with Crippen LogP contribution in [-0.2, 0) is 4.79 Å². The summed E-state index contributed by atoms with van der Waals surface area (Å²) in [5.41, 5.74) is 3.55. The number of carbonyl (C=O) groups is 2. The summed E-state index contributed by atoms with van der Waals surface area (Å²) in [7, 11) is 0. The van der Waals surface area contributed by atoms with E-state index in [1.54, 1.807) is 28.9 Å². The lowest BCUT2D eigenvalue weighted by Gasteiger charge is -2.33. The zero-order chi connectivity index (χ0) is 18.7. The Labute approximate surface area is 153 Å². The van der Waals surface area contributed by atoms with E-state index in [1.165, 1.54) is 0 Å². The number of rotatable bonds is 3. The second-order valence-corrected chi connectivity index (χ2v) is 6.55. The molecule has 0 unspecified atom stereocenters. The van der Waals surface area contributed by atoms with Crippen LogP contribution < -0.4 is 5.32 Å². The molecular formula is C19H23N5O2. The van der Waals surface area contributed by atoms with Crippen molar-refractivity contribution in [3.8, 4) is 0 Å². The van der Waals surface area contributed by atoms with Crippen LogP contribution in [0.15, 0.2) is 30.3 Å². The first kappa shape index (κ1) is 17.8. The quantitative estimate of drug-likeness (QED) is 0.915. The second kappa shape index (κ2) is 7.51. The maximum absolute atomic E-state index is 12.5. The highest BCUT2D eigenvalue weighted by Crippen LogP contribution is 2.20. The van der Waals surface area contributed by atoms with E-state index >= 15 is 0 Å². The van der Waals surface area contributed by atoms with E-state index in [0.717, 1.165) is 16.8 Å². The first-order chi connectivity index (χ1) is 12.4. The fraction of sp³-hybridized carbons (Fsp3) is 0.368. The van der Waals surface area contributed by atoms with Crippen LogP contribution in [0.2, 0.25) is 0 Å². The van der Waals surface area contributed by atoms with Crippen LogP contribution in [0.3, 0.4) is 0 Å². The van der Waals surface area contributed by atoms with Crippen LogP contribution in [0, 0.1) is 13.8 Å². The average molecular weight is 353 g/mol. The van der Waals surface area contributed by atoms with Gasteiger partial charge in [0.25, 0.3) is 5.91 Å². The fourth-order valence-electron chi connectivity index (χ4n) is 2.91. The number of aryl methyl sites for hydroxylation is 2. The molecule has 2 heterocycles. The van der Waals surface area contributed by atoms with Crippen molar-refractivity contribution in [3.05, 3.63) is 47.2 Å². The number of hydrogen-bond acceptors (Lipinski definition) is 5. The Bertz CT molecular complexity index is 811. The van der Waals surface area contributed by atoms with E-state index in [9.17, 15) is 9.59 Å². The molecule has 1 aromatic carbocycles. The van der Waals surface area contributed by atoms with Crippen molar-refractivity contribution in [3.63, 3.8) is 0 Å². The van der Waals surface area contributed by atoms with Crippen LogP contribution in [0.4, 0.5) is 11.5 Å². The van der Waals surface area contributed by atoms with Crippen molar-refractivity contribution < 1.29 is 9.59 Å². The van der Waals surface area contributed by atoms with Crippen LogP contribution in [0.5, 0.6) is 0 Å². The Balaban J connectivity index is 1.65. The monoisotopic (exact) mass is 353 g/mol. The lowest BCUT2D eigenvalue weighted by atomic mass is 10.1. The average Bonchev–Trinajstić information content (AvgIpc) is 2.65. The van der Waals surface area contributed by atoms with Crippen molar-refractivity contribution >= 4 is 23.3 Å². The topological polar surface area (TPSA) is 78.4 Å². The number of nitrogens with one attached hydrogen (secondary N) is 1. The number of nitrogens with zero attached hydrogens (tertiary/aromatic N) is 4. The van der Waals surface area contributed by atoms with Crippen molar-refractivity contribution in [2.75, 3.05) is 31.5 Å². The Kier molecular flexibility index (Phi) is 5.16. The maximum atomic E-state index is 12.5. The molecule has 136 valence electrons. The highest BCUT2D eigenvalue weighted by Gasteiger charge is 2.24. The van der Waals surface area contributed by atoms with E-state index in [4.69, 9.17) is 0 Å². The van der Waals surface area contributed by atoms with Crippen LogP contribution in [0.25, 0.3) is 0 Å². The minimum atomic E-state index is -0.154. The minimum Gasteiger partial charge on any atom is -0.339 e. The molecule has 0 aliphatic carbocycles. The van der Waals surface area contributed by atoms with Gasteiger partial charge < -0.3 is 15.1 Å². The summed E-state index contributed by atoms with van der Waals surface area (Å²) < 4.78 is 0. The molecule has 0 atom stereocenters. The lowest BCUT2D eigenvalue weighted by molar-refractivity contribution is -0.130. The number of benzene rings is 1. The predicted octanol–water partition coefficient (Wildman–Crippen LogP) is 2.14. The van der Waals surface area contributed by atoms with Crippen LogP contribution in [-0.4, -0.2) is 58.0 Å². The van der Waals surface area contributed by atoms with Gasteiger partial charge in [0.1, 0.15) is 0 Å². The molecule has 2 amide bonds.